The highest BCUT2D eigenvalue weighted by Crippen LogP contribution is 2.34. The molecule has 1 saturated carbocycles. The molecule has 0 saturated heterocycles. The van der Waals surface area contributed by atoms with Crippen molar-refractivity contribution in [2.75, 3.05) is 13.7 Å². The summed E-state index contributed by atoms with van der Waals surface area (Å²) in [6, 6.07) is 0. The largest absolute Gasteiger partial charge is 0.481 e. The van der Waals surface area contributed by atoms with Crippen LogP contribution >= 0.6 is 0 Å². The summed E-state index contributed by atoms with van der Waals surface area (Å²) < 4.78 is 5.06. The zero-order chi connectivity index (χ0) is 10.4. The van der Waals surface area contributed by atoms with E-state index in [1.165, 1.54) is 19.3 Å². The minimum Gasteiger partial charge on any atom is -0.481 e. The number of carboxylic acid groups (broad SMARTS) is 1. The standard InChI is InChI=1S/C11H20O3/c1-14-9-11(10(12)13)7-5-3-2-4-6-8-11/h2-9H2,1H3,(H,12,13). The molecule has 0 heterocycles. The topological polar surface area (TPSA) is 46.5 Å². The highest BCUT2D eigenvalue weighted by molar-refractivity contribution is 5.74. The molecular formula is C11H20O3. The Morgan fingerprint density at radius 2 is 1.71 bits per heavy atom. The molecule has 0 bridgehead atoms. The summed E-state index contributed by atoms with van der Waals surface area (Å²) in [4.78, 5) is 11.3. The first-order chi connectivity index (χ1) is 6.71. The van der Waals surface area contributed by atoms with Crippen LogP contribution in [0.3, 0.4) is 0 Å². The smallest absolute Gasteiger partial charge is 0.311 e. The normalized spacial score (nSPS) is 22.4. The number of aliphatic carboxylic acids is 1. The molecule has 0 aromatic rings. The van der Waals surface area contributed by atoms with Gasteiger partial charge in [-0.2, -0.15) is 0 Å². The Balaban J connectivity index is 2.65. The van der Waals surface area contributed by atoms with Crippen LogP contribution in [-0.4, -0.2) is 24.8 Å². The molecule has 1 rings (SSSR count). The van der Waals surface area contributed by atoms with Crippen molar-refractivity contribution >= 4 is 5.97 Å². The van der Waals surface area contributed by atoms with Crippen LogP contribution in [0.1, 0.15) is 44.9 Å². The lowest BCUT2D eigenvalue weighted by Gasteiger charge is -2.30. The van der Waals surface area contributed by atoms with E-state index in [2.05, 4.69) is 0 Å². The highest BCUT2D eigenvalue weighted by Gasteiger charge is 2.37. The molecule has 3 heteroatoms. The van der Waals surface area contributed by atoms with E-state index in [9.17, 15) is 9.90 Å². The Morgan fingerprint density at radius 1 is 1.21 bits per heavy atom. The molecule has 0 aromatic carbocycles. The molecule has 1 aliphatic carbocycles. The van der Waals surface area contributed by atoms with Gasteiger partial charge in [-0.25, -0.2) is 0 Å². The van der Waals surface area contributed by atoms with Crippen molar-refractivity contribution in [3.63, 3.8) is 0 Å². The maximum absolute atomic E-state index is 11.3. The van der Waals surface area contributed by atoms with Gasteiger partial charge in [-0.05, 0) is 12.8 Å². The molecule has 0 amide bonds. The number of rotatable bonds is 3. The third-order valence-corrected chi connectivity index (χ3v) is 3.18. The van der Waals surface area contributed by atoms with Crippen LogP contribution in [0.4, 0.5) is 0 Å². The number of carboxylic acids is 1. The lowest BCUT2D eigenvalue weighted by atomic mass is 9.77. The Hall–Kier alpha value is -0.570. The second-order valence-corrected chi connectivity index (χ2v) is 4.29. The highest BCUT2D eigenvalue weighted by atomic mass is 16.5. The van der Waals surface area contributed by atoms with Gasteiger partial charge in [-0.3, -0.25) is 4.79 Å². The van der Waals surface area contributed by atoms with Crippen LogP contribution in [0.5, 0.6) is 0 Å². The van der Waals surface area contributed by atoms with Crippen molar-refractivity contribution in [2.24, 2.45) is 5.41 Å². The third kappa shape index (κ3) is 2.71. The fourth-order valence-corrected chi connectivity index (χ4v) is 2.28. The summed E-state index contributed by atoms with van der Waals surface area (Å²) in [7, 11) is 1.59. The van der Waals surface area contributed by atoms with E-state index in [1.54, 1.807) is 7.11 Å². The molecule has 82 valence electrons. The van der Waals surface area contributed by atoms with Crippen LogP contribution in [0.15, 0.2) is 0 Å². The molecule has 0 aliphatic heterocycles. The summed E-state index contributed by atoms with van der Waals surface area (Å²) in [5.41, 5.74) is -0.602. The molecule has 0 spiro atoms. The SMILES string of the molecule is COCC1(C(=O)O)CCCCCCC1. The summed E-state index contributed by atoms with van der Waals surface area (Å²) in [6.45, 7) is 0.363. The molecule has 1 aliphatic rings. The predicted octanol–water partition coefficient (Wildman–Crippen LogP) is 2.45. The molecule has 0 radical (unpaired) electrons. The van der Waals surface area contributed by atoms with E-state index in [-0.39, 0.29) is 0 Å². The van der Waals surface area contributed by atoms with E-state index in [4.69, 9.17) is 4.74 Å². The van der Waals surface area contributed by atoms with Crippen LogP contribution < -0.4 is 0 Å². The van der Waals surface area contributed by atoms with Crippen LogP contribution in [0.2, 0.25) is 0 Å². The van der Waals surface area contributed by atoms with Crippen LogP contribution in [0, 0.1) is 5.41 Å². The zero-order valence-electron chi connectivity index (χ0n) is 8.92. The molecule has 1 N–H and O–H groups in total. The van der Waals surface area contributed by atoms with Crippen LogP contribution in [-0.2, 0) is 9.53 Å². The molecule has 3 nitrogen and oxygen atoms in total. The Kier molecular flexibility index (Phi) is 4.39. The Bertz CT molecular complexity index is 181. The Labute approximate surface area is 85.5 Å². The summed E-state index contributed by atoms with van der Waals surface area (Å²) in [6.07, 6.45) is 7.18. The van der Waals surface area contributed by atoms with Gasteiger partial charge in [0.05, 0.1) is 12.0 Å². The van der Waals surface area contributed by atoms with Crippen molar-refractivity contribution in [3.8, 4) is 0 Å². The summed E-state index contributed by atoms with van der Waals surface area (Å²) in [5.74, 6) is -0.679. The first-order valence-corrected chi connectivity index (χ1v) is 5.44. The second kappa shape index (κ2) is 5.35. The molecule has 14 heavy (non-hydrogen) atoms. The molecule has 0 atom stereocenters. The number of methoxy groups -OCH3 is 1. The van der Waals surface area contributed by atoms with Crippen molar-refractivity contribution in [1.29, 1.82) is 0 Å². The third-order valence-electron chi connectivity index (χ3n) is 3.18. The lowest BCUT2D eigenvalue weighted by Crippen LogP contribution is -2.36. The van der Waals surface area contributed by atoms with Gasteiger partial charge in [0.25, 0.3) is 0 Å². The van der Waals surface area contributed by atoms with Gasteiger partial charge in [0.15, 0.2) is 0 Å². The molecule has 1 fully saturated rings. The van der Waals surface area contributed by atoms with Gasteiger partial charge in [0.1, 0.15) is 0 Å². The second-order valence-electron chi connectivity index (χ2n) is 4.29. The van der Waals surface area contributed by atoms with Gasteiger partial charge >= 0.3 is 5.97 Å². The van der Waals surface area contributed by atoms with E-state index < -0.39 is 11.4 Å². The first kappa shape index (κ1) is 11.5. The maximum atomic E-state index is 11.3. The van der Waals surface area contributed by atoms with Gasteiger partial charge < -0.3 is 9.84 Å². The van der Waals surface area contributed by atoms with Gasteiger partial charge in [0, 0.05) is 7.11 Å². The van der Waals surface area contributed by atoms with Gasteiger partial charge in [0.2, 0.25) is 0 Å². The minimum atomic E-state index is -0.679. The molecule has 0 unspecified atom stereocenters. The first-order valence-electron chi connectivity index (χ1n) is 5.44. The monoisotopic (exact) mass is 200 g/mol. The fraction of sp³-hybridized carbons (Fsp3) is 0.909. The van der Waals surface area contributed by atoms with Crippen molar-refractivity contribution in [2.45, 2.75) is 44.9 Å². The van der Waals surface area contributed by atoms with Crippen molar-refractivity contribution < 1.29 is 14.6 Å². The van der Waals surface area contributed by atoms with E-state index in [1.807, 2.05) is 0 Å². The average Bonchev–Trinajstić information content (AvgIpc) is 2.09. The van der Waals surface area contributed by atoms with Crippen LogP contribution in [0.25, 0.3) is 0 Å². The number of hydrogen-bond acceptors (Lipinski definition) is 2. The molecule has 0 aromatic heterocycles. The quantitative estimate of drug-likeness (QED) is 0.761. The van der Waals surface area contributed by atoms with Gasteiger partial charge in [-0.1, -0.05) is 32.1 Å². The summed E-state index contributed by atoms with van der Waals surface area (Å²) in [5, 5.41) is 9.26. The van der Waals surface area contributed by atoms with E-state index >= 15 is 0 Å². The fourth-order valence-electron chi connectivity index (χ4n) is 2.28. The zero-order valence-corrected chi connectivity index (χ0v) is 8.92. The maximum Gasteiger partial charge on any atom is 0.311 e. The number of carbonyl (C=O) groups is 1. The minimum absolute atomic E-state index is 0.363. The number of ether oxygens (including phenoxy) is 1. The summed E-state index contributed by atoms with van der Waals surface area (Å²) >= 11 is 0. The Morgan fingerprint density at radius 3 is 2.14 bits per heavy atom. The molecular weight excluding hydrogens is 180 g/mol. The van der Waals surface area contributed by atoms with E-state index in [0.29, 0.717) is 6.61 Å². The van der Waals surface area contributed by atoms with Crippen molar-refractivity contribution in [3.05, 3.63) is 0 Å². The van der Waals surface area contributed by atoms with Crippen molar-refractivity contribution in [1.82, 2.24) is 0 Å². The van der Waals surface area contributed by atoms with E-state index in [0.717, 1.165) is 25.7 Å². The van der Waals surface area contributed by atoms with Gasteiger partial charge in [-0.15, -0.1) is 0 Å². The number of hydrogen-bond donors (Lipinski definition) is 1. The lowest BCUT2D eigenvalue weighted by molar-refractivity contribution is -0.154. The average molecular weight is 200 g/mol. The predicted molar refractivity (Wildman–Crippen MR) is 54.3 cm³/mol.